The van der Waals surface area contributed by atoms with Crippen molar-refractivity contribution in [2.45, 2.75) is 38.5 Å². The number of carbonyl (C=O) groups excluding carboxylic acids is 2. The summed E-state index contributed by atoms with van der Waals surface area (Å²) in [6, 6.07) is 9.84. The van der Waals surface area contributed by atoms with Gasteiger partial charge in [0.2, 0.25) is 5.91 Å². The molecule has 0 radical (unpaired) electrons. The normalized spacial score (nSPS) is 11.7. The minimum absolute atomic E-state index is 0.138. The molecule has 0 saturated heterocycles. The van der Waals surface area contributed by atoms with Gasteiger partial charge in [-0.1, -0.05) is 41.0 Å². The van der Waals surface area contributed by atoms with E-state index in [2.05, 4.69) is 20.8 Å². The summed E-state index contributed by atoms with van der Waals surface area (Å²) in [5.74, 6) is 0.812. The highest BCUT2D eigenvalue weighted by molar-refractivity contribution is 7.99. The predicted octanol–water partition coefficient (Wildman–Crippen LogP) is 5.14. The Balaban J connectivity index is 1.65. The maximum Gasteiger partial charge on any atom is 0.251 e. The Bertz CT molecular complexity index is 1200. The molecule has 1 unspecified atom stereocenters. The van der Waals surface area contributed by atoms with E-state index in [1.165, 1.54) is 17.8 Å². The summed E-state index contributed by atoms with van der Waals surface area (Å²) in [5, 5.41) is 15.5. The Morgan fingerprint density at radius 3 is 2.59 bits per heavy atom. The van der Waals surface area contributed by atoms with Crippen LogP contribution in [0.2, 0.25) is 10.0 Å². The van der Waals surface area contributed by atoms with Crippen LogP contribution in [0.3, 0.4) is 0 Å². The van der Waals surface area contributed by atoms with E-state index in [1.54, 1.807) is 19.2 Å². The molecule has 0 saturated carbocycles. The van der Waals surface area contributed by atoms with E-state index in [1.807, 2.05) is 43.5 Å². The fourth-order valence-electron chi connectivity index (χ4n) is 3.24. The highest BCUT2D eigenvalue weighted by atomic mass is 35.5. The van der Waals surface area contributed by atoms with E-state index in [4.69, 9.17) is 27.9 Å². The summed E-state index contributed by atoms with van der Waals surface area (Å²) in [5.41, 5.74) is 2.02. The molecule has 1 heterocycles. The lowest BCUT2D eigenvalue weighted by atomic mass is 10.2. The average Bonchev–Trinajstić information content (AvgIpc) is 3.22. The molecule has 0 aliphatic rings. The lowest BCUT2D eigenvalue weighted by Crippen LogP contribution is -2.28. The van der Waals surface area contributed by atoms with Crippen molar-refractivity contribution in [2.75, 3.05) is 18.2 Å². The number of amides is 2. The van der Waals surface area contributed by atoms with Crippen molar-refractivity contribution in [3.63, 3.8) is 0 Å². The summed E-state index contributed by atoms with van der Waals surface area (Å²) >= 11 is 13.2. The van der Waals surface area contributed by atoms with Crippen molar-refractivity contribution in [3.05, 3.63) is 63.4 Å². The van der Waals surface area contributed by atoms with Crippen LogP contribution >= 0.6 is 35.0 Å². The summed E-state index contributed by atoms with van der Waals surface area (Å²) in [6.07, 6.45) is 0. The Labute approximate surface area is 212 Å². The molecule has 0 aliphatic heterocycles. The number of anilines is 1. The molecular formula is C23H25Cl2N5O3S. The maximum atomic E-state index is 12.6. The second-order valence-electron chi connectivity index (χ2n) is 7.45. The molecule has 0 aliphatic carbocycles. The first-order valence-electron chi connectivity index (χ1n) is 10.5. The summed E-state index contributed by atoms with van der Waals surface area (Å²) < 4.78 is 7.18. The minimum Gasteiger partial charge on any atom is -0.495 e. The zero-order valence-electron chi connectivity index (χ0n) is 19.2. The summed E-state index contributed by atoms with van der Waals surface area (Å²) in [7, 11) is 1.56. The standard InChI is InChI=1S/C23H25Cl2N5O3S/c1-5-30-21(14(3)26-22(32)15-7-8-16(24)17(25)11-15)28-29-23(30)34-12-20(31)27-18-10-13(2)6-9-19(18)33-4/h6-11,14H,5,12H2,1-4H3,(H,26,32)(H,27,31). The largest absolute Gasteiger partial charge is 0.495 e. The van der Waals surface area contributed by atoms with Crippen LogP contribution in [0.5, 0.6) is 5.75 Å². The highest BCUT2D eigenvalue weighted by Gasteiger charge is 2.21. The topological polar surface area (TPSA) is 98.1 Å². The van der Waals surface area contributed by atoms with Crippen LogP contribution in [0.1, 0.15) is 41.6 Å². The Kier molecular flexibility index (Phi) is 8.82. The summed E-state index contributed by atoms with van der Waals surface area (Å²) in [6.45, 7) is 6.28. The van der Waals surface area contributed by atoms with Gasteiger partial charge in [0.05, 0.1) is 34.6 Å². The molecule has 8 nitrogen and oxygen atoms in total. The van der Waals surface area contributed by atoms with Crippen molar-refractivity contribution in [1.29, 1.82) is 0 Å². The first-order valence-corrected chi connectivity index (χ1v) is 12.2. The molecule has 1 aromatic heterocycles. The molecule has 34 heavy (non-hydrogen) atoms. The SMILES string of the molecule is CCn1c(SCC(=O)Nc2cc(C)ccc2OC)nnc1C(C)NC(=O)c1ccc(Cl)c(Cl)c1. The second-order valence-corrected chi connectivity index (χ2v) is 9.21. The number of hydrogen-bond acceptors (Lipinski definition) is 6. The zero-order valence-corrected chi connectivity index (χ0v) is 21.5. The van der Waals surface area contributed by atoms with Gasteiger partial charge in [0, 0.05) is 12.1 Å². The molecule has 3 aromatic rings. The smallest absolute Gasteiger partial charge is 0.251 e. The van der Waals surface area contributed by atoms with Crippen LogP contribution in [0.15, 0.2) is 41.6 Å². The lowest BCUT2D eigenvalue weighted by Gasteiger charge is -2.15. The fraction of sp³-hybridized carbons (Fsp3) is 0.304. The number of benzene rings is 2. The third-order valence-corrected chi connectivity index (χ3v) is 6.65. The van der Waals surface area contributed by atoms with Crippen LogP contribution in [0.25, 0.3) is 0 Å². The molecule has 0 bridgehead atoms. The monoisotopic (exact) mass is 521 g/mol. The number of aryl methyl sites for hydroxylation is 1. The molecule has 0 spiro atoms. The van der Waals surface area contributed by atoms with E-state index < -0.39 is 6.04 Å². The minimum atomic E-state index is -0.422. The molecule has 2 N–H and O–H groups in total. The van der Waals surface area contributed by atoms with Crippen LogP contribution in [-0.4, -0.2) is 39.4 Å². The molecule has 11 heteroatoms. The van der Waals surface area contributed by atoms with Gasteiger partial charge in [0.1, 0.15) is 5.75 Å². The van der Waals surface area contributed by atoms with Gasteiger partial charge in [-0.25, -0.2) is 0 Å². The molecule has 2 amide bonds. The van der Waals surface area contributed by atoms with Crippen molar-refractivity contribution in [1.82, 2.24) is 20.1 Å². The van der Waals surface area contributed by atoms with Crippen molar-refractivity contribution in [3.8, 4) is 5.75 Å². The van der Waals surface area contributed by atoms with Gasteiger partial charge >= 0.3 is 0 Å². The van der Waals surface area contributed by atoms with E-state index in [9.17, 15) is 9.59 Å². The van der Waals surface area contributed by atoms with Crippen molar-refractivity contribution in [2.24, 2.45) is 0 Å². The number of methoxy groups -OCH3 is 1. The maximum absolute atomic E-state index is 12.6. The number of aromatic nitrogens is 3. The number of hydrogen-bond donors (Lipinski definition) is 2. The van der Waals surface area contributed by atoms with Gasteiger partial charge in [0.25, 0.3) is 5.91 Å². The van der Waals surface area contributed by atoms with Crippen LogP contribution in [-0.2, 0) is 11.3 Å². The van der Waals surface area contributed by atoms with E-state index in [-0.39, 0.29) is 17.6 Å². The molecule has 1 atom stereocenters. The fourth-order valence-corrected chi connectivity index (χ4v) is 4.35. The molecule has 2 aromatic carbocycles. The second kappa shape index (κ2) is 11.6. The number of thioether (sulfide) groups is 1. The van der Waals surface area contributed by atoms with Crippen LogP contribution in [0, 0.1) is 6.92 Å². The van der Waals surface area contributed by atoms with Crippen molar-refractivity contribution < 1.29 is 14.3 Å². The third-order valence-electron chi connectivity index (χ3n) is 4.94. The van der Waals surface area contributed by atoms with Gasteiger partial charge in [0.15, 0.2) is 11.0 Å². The average molecular weight is 522 g/mol. The summed E-state index contributed by atoms with van der Waals surface area (Å²) in [4.78, 5) is 25.2. The lowest BCUT2D eigenvalue weighted by molar-refractivity contribution is -0.113. The third kappa shape index (κ3) is 6.22. The van der Waals surface area contributed by atoms with Crippen LogP contribution < -0.4 is 15.4 Å². The number of nitrogens with zero attached hydrogens (tertiary/aromatic N) is 3. The molecule has 180 valence electrons. The number of nitrogens with one attached hydrogen (secondary N) is 2. The molecule has 0 fully saturated rings. The van der Waals surface area contributed by atoms with Crippen molar-refractivity contribution >= 4 is 52.5 Å². The van der Waals surface area contributed by atoms with Gasteiger partial charge < -0.3 is 19.9 Å². The Hall–Kier alpha value is -2.75. The van der Waals surface area contributed by atoms with E-state index in [0.29, 0.717) is 44.6 Å². The zero-order chi connectivity index (χ0) is 24.8. The molecular weight excluding hydrogens is 497 g/mol. The van der Waals surface area contributed by atoms with Gasteiger partial charge in [-0.15, -0.1) is 10.2 Å². The number of halogens is 2. The Morgan fingerprint density at radius 1 is 1.15 bits per heavy atom. The van der Waals surface area contributed by atoms with Gasteiger partial charge in [-0.2, -0.15) is 0 Å². The Morgan fingerprint density at radius 2 is 1.91 bits per heavy atom. The highest BCUT2D eigenvalue weighted by Crippen LogP contribution is 2.27. The predicted molar refractivity (Wildman–Crippen MR) is 135 cm³/mol. The molecule has 3 rings (SSSR count). The first kappa shape index (κ1) is 25.9. The number of carbonyl (C=O) groups is 2. The van der Waals surface area contributed by atoms with Gasteiger partial charge in [-0.3, -0.25) is 9.59 Å². The number of ether oxygens (including phenoxy) is 1. The first-order chi connectivity index (χ1) is 16.2. The van der Waals surface area contributed by atoms with Crippen LogP contribution in [0.4, 0.5) is 5.69 Å². The quantitative estimate of drug-likeness (QED) is 0.378. The number of rotatable bonds is 9. The van der Waals surface area contributed by atoms with E-state index in [0.717, 1.165) is 5.56 Å². The van der Waals surface area contributed by atoms with Gasteiger partial charge in [-0.05, 0) is 56.7 Å². The van der Waals surface area contributed by atoms with E-state index >= 15 is 0 Å².